The molecule has 3 unspecified atom stereocenters. The zero-order valence-corrected chi connectivity index (χ0v) is 9.94. The van der Waals surface area contributed by atoms with E-state index in [1.165, 1.54) is 25.0 Å². The van der Waals surface area contributed by atoms with Gasteiger partial charge >= 0.3 is 0 Å². The average Bonchev–Trinajstić information content (AvgIpc) is 2.53. The molecule has 14 heavy (non-hydrogen) atoms. The van der Waals surface area contributed by atoms with Gasteiger partial charge in [0.1, 0.15) is 0 Å². The SMILES string of the molecule is CCSC1CCC(NC(C)CC#N)C1. The third-order valence-corrected chi connectivity index (χ3v) is 3.94. The number of rotatable bonds is 5. The van der Waals surface area contributed by atoms with Gasteiger partial charge in [-0.2, -0.15) is 17.0 Å². The van der Waals surface area contributed by atoms with E-state index >= 15 is 0 Å². The van der Waals surface area contributed by atoms with E-state index in [1.807, 2.05) is 0 Å². The van der Waals surface area contributed by atoms with Crippen molar-refractivity contribution in [2.75, 3.05) is 5.75 Å². The van der Waals surface area contributed by atoms with Crippen molar-refractivity contribution in [2.24, 2.45) is 0 Å². The third kappa shape index (κ3) is 3.89. The molecule has 1 N–H and O–H groups in total. The molecular formula is C11H20N2S. The Kier molecular flexibility index (Phi) is 5.36. The minimum atomic E-state index is 0.357. The molecule has 1 fully saturated rings. The summed E-state index contributed by atoms with van der Waals surface area (Å²) in [5.41, 5.74) is 0. The lowest BCUT2D eigenvalue weighted by atomic mass is 10.2. The van der Waals surface area contributed by atoms with Gasteiger partial charge in [-0.05, 0) is 31.9 Å². The van der Waals surface area contributed by atoms with Crippen molar-refractivity contribution in [1.29, 1.82) is 5.26 Å². The maximum Gasteiger partial charge on any atom is 0.0638 e. The highest BCUT2D eigenvalue weighted by Gasteiger charge is 2.24. The molecule has 0 aromatic carbocycles. The summed E-state index contributed by atoms with van der Waals surface area (Å²) < 4.78 is 0. The molecule has 0 amide bonds. The summed E-state index contributed by atoms with van der Waals surface area (Å²) in [6, 6.07) is 3.22. The fourth-order valence-electron chi connectivity index (χ4n) is 2.08. The quantitative estimate of drug-likeness (QED) is 0.761. The molecule has 3 heteroatoms. The molecule has 2 nitrogen and oxygen atoms in total. The molecule has 0 heterocycles. The Bertz CT molecular complexity index is 200. The van der Waals surface area contributed by atoms with Crippen molar-refractivity contribution in [3.63, 3.8) is 0 Å². The highest BCUT2D eigenvalue weighted by atomic mass is 32.2. The third-order valence-electron chi connectivity index (χ3n) is 2.70. The van der Waals surface area contributed by atoms with Crippen LogP contribution < -0.4 is 5.32 Å². The van der Waals surface area contributed by atoms with E-state index in [0.717, 1.165) is 5.25 Å². The first-order valence-electron chi connectivity index (χ1n) is 5.50. The molecule has 3 atom stereocenters. The van der Waals surface area contributed by atoms with Crippen LogP contribution in [0.4, 0.5) is 0 Å². The lowest BCUT2D eigenvalue weighted by Gasteiger charge is -2.17. The van der Waals surface area contributed by atoms with Gasteiger partial charge in [0.2, 0.25) is 0 Å². The molecule has 0 saturated heterocycles. The van der Waals surface area contributed by atoms with E-state index in [4.69, 9.17) is 5.26 Å². The van der Waals surface area contributed by atoms with Crippen molar-refractivity contribution in [2.45, 2.75) is 56.9 Å². The van der Waals surface area contributed by atoms with Crippen LogP contribution in [0.5, 0.6) is 0 Å². The van der Waals surface area contributed by atoms with Crippen LogP contribution in [0, 0.1) is 11.3 Å². The van der Waals surface area contributed by atoms with Crippen LogP contribution in [-0.4, -0.2) is 23.1 Å². The van der Waals surface area contributed by atoms with Crippen LogP contribution in [-0.2, 0) is 0 Å². The summed E-state index contributed by atoms with van der Waals surface area (Å²) in [5.74, 6) is 1.23. The maximum atomic E-state index is 8.55. The van der Waals surface area contributed by atoms with E-state index in [0.29, 0.717) is 18.5 Å². The number of hydrogen-bond acceptors (Lipinski definition) is 3. The van der Waals surface area contributed by atoms with Crippen molar-refractivity contribution in [3.05, 3.63) is 0 Å². The van der Waals surface area contributed by atoms with E-state index in [-0.39, 0.29) is 0 Å². The number of hydrogen-bond donors (Lipinski definition) is 1. The molecule has 1 aliphatic rings. The second-order valence-electron chi connectivity index (χ2n) is 4.02. The zero-order chi connectivity index (χ0) is 10.4. The van der Waals surface area contributed by atoms with Crippen LogP contribution in [0.2, 0.25) is 0 Å². The molecule has 1 saturated carbocycles. The van der Waals surface area contributed by atoms with E-state index < -0.39 is 0 Å². The van der Waals surface area contributed by atoms with Gasteiger partial charge in [-0.1, -0.05) is 6.92 Å². The minimum Gasteiger partial charge on any atom is -0.310 e. The molecule has 0 bridgehead atoms. The van der Waals surface area contributed by atoms with Gasteiger partial charge in [0.05, 0.1) is 12.5 Å². The summed E-state index contributed by atoms with van der Waals surface area (Å²) >= 11 is 2.08. The predicted octanol–water partition coefficient (Wildman–Crippen LogP) is 2.55. The summed E-state index contributed by atoms with van der Waals surface area (Å²) in [4.78, 5) is 0. The van der Waals surface area contributed by atoms with Gasteiger partial charge in [0.15, 0.2) is 0 Å². The monoisotopic (exact) mass is 212 g/mol. The lowest BCUT2D eigenvalue weighted by molar-refractivity contribution is 0.455. The second kappa shape index (κ2) is 6.31. The first-order chi connectivity index (χ1) is 6.76. The molecule has 0 aliphatic heterocycles. The summed E-state index contributed by atoms with van der Waals surface area (Å²) in [6.07, 6.45) is 4.54. The van der Waals surface area contributed by atoms with Crippen LogP contribution in [0.1, 0.15) is 39.5 Å². The number of nitriles is 1. The summed E-state index contributed by atoms with van der Waals surface area (Å²) in [6.45, 7) is 4.33. The predicted molar refractivity (Wildman–Crippen MR) is 62.4 cm³/mol. The Morgan fingerprint density at radius 3 is 3.00 bits per heavy atom. The fourth-order valence-corrected chi connectivity index (χ4v) is 3.22. The molecule has 1 rings (SSSR count). The first kappa shape index (κ1) is 11.9. The Labute approximate surface area is 91.4 Å². The smallest absolute Gasteiger partial charge is 0.0638 e. The average molecular weight is 212 g/mol. The Hall–Kier alpha value is -0.200. The van der Waals surface area contributed by atoms with Crippen LogP contribution >= 0.6 is 11.8 Å². The number of nitrogens with one attached hydrogen (secondary N) is 1. The summed E-state index contributed by atoms with van der Waals surface area (Å²) in [7, 11) is 0. The van der Waals surface area contributed by atoms with Crippen molar-refractivity contribution in [3.8, 4) is 6.07 Å². The van der Waals surface area contributed by atoms with Crippen LogP contribution in [0.3, 0.4) is 0 Å². The van der Waals surface area contributed by atoms with Gasteiger partial charge < -0.3 is 5.32 Å². The maximum absolute atomic E-state index is 8.55. The lowest BCUT2D eigenvalue weighted by Crippen LogP contribution is -2.34. The van der Waals surface area contributed by atoms with Gasteiger partial charge in [0, 0.05) is 17.3 Å². The molecule has 80 valence electrons. The Morgan fingerprint density at radius 1 is 1.57 bits per heavy atom. The highest BCUT2D eigenvalue weighted by Crippen LogP contribution is 2.29. The summed E-state index contributed by atoms with van der Waals surface area (Å²) in [5, 5.41) is 12.9. The van der Waals surface area contributed by atoms with Crippen LogP contribution in [0.15, 0.2) is 0 Å². The first-order valence-corrected chi connectivity index (χ1v) is 6.55. The minimum absolute atomic E-state index is 0.357. The molecule has 1 aliphatic carbocycles. The number of thioether (sulfide) groups is 1. The van der Waals surface area contributed by atoms with E-state index in [1.54, 1.807) is 0 Å². The van der Waals surface area contributed by atoms with Crippen molar-refractivity contribution >= 4 is 11.8 Å². The fraction of sp³-hybridized carbons (Fsp3) is 0.909. The second-order valence-corrected chi connectivity index (χ2v) is 5.59. The normalized spacial score (nSPS) is 28.6. The van der Waals surface area contributed by atoms with Gasteiger partial charge in [0.25, 0.3) is 0 Å². The van der Waals surface area contributed by atoms with E-state index in [2.05, 4.69) is 37.0 Å². The Morgan fingerprint density at radius 2 is 2.36 bits per heavy atom. The molecule has 0 spiro atoms. The molecular weight excluding hydrogens is 192 g/mol. The molecule has 0 aromatic heterocycles. The van der Waals surface area contributed by atoms with E-state index in [9.17, 15) is 0 Å². The molecule has 0 radical (unpaired) electrons. The topological polar surface area (TPSA) is 35.8 Å². The van der Waals surface area contributed by atoms with Crippen LogP contribution in [0.25, 0.3) is 0 Å². The van der Waals surface area contributed by atoms with Gasteiger partial charge in [-0.15, -0.1) is 0 Å². The largest absolute Gasteiger partial charge is 0.310 e. The van der Waals surface area contributed by atoms with Gasteiger partial charge in [-0.25, -0.2) is 0 Å². The standard InChI is InChI=1S/C11H20N2S/c1-3-14-11-5-4-10(8-11)13-9(2)6-7-12/h9-11,13H,3-6,8H2,1-2H3. The number of nitrogens with zero attached hydrogens (tertiary/aromatic N) is 1. The highest BCUT2D eigenvalue weighted by molar-refractivity contribution is 7.99. The van der Waals surface area contributed by atoms with Crippen molar-refractivity contribution < 1.29 is 0 Å². The Balaban J connectivity index is 2.19. The zero-order valence-electron chi connectivity index (χ0n) is 9.12. The molecule has 0 aromatic rings. The van der Waals surface area contributed by atoms with Crippen molar-refractivity contribution in [1.82, 2.24) is 5.32 Å². The van der Waals surface area contributed by atoms with Gasteiger partial charge in [-0.3, -0.25) is 0 Å².